The second-order valence-corrected chi connectivity index (χ2v) is 7.54. The Morgan fingerprint density at radius 1 is 1.19 bits per heavy atom. The summed E-state index contributed by atoms with van der Waals surface area (Å²) in [5, 5.41) is 12.2. The molecule has 0 unspecified atom stereocenters. The Bertz CT molecular complexity index is 1080. The molecule has 0 saturated heterocycles. The third-order valence-electron chi connectivity index (χ3n) is 4.04. The number of fused-ring (bicyclic) bond motifs is 1. The number of thiazole rings is 1. The number of aromatic nitrogens is 3. The van der Waals surface area contributed by atoms with Gasteiger partial charge in [-0.1, -0.05) is 41.9 Å². The average molecular weight is 383 g/mol. The fourth-order valence-corrected chi connectivity index (χ4v) is 3.80. The van der Waals surface area contributed by atoms with E-state index >= 15 is 0 Å². The molecule has 0 aliphatic rings. The zero-order valence-corrected chi connectivity index (χ0v) is 15.5. The lowest BCUT2D eigenvalue weighted by atomic mass is 10.1. The number of carbonyl (C=O) groups excluding carboxylic acids is 1. The molecule has 130 valence electrons. The topological polar surface area (TPSA) is 70.7 Å². The minimum Gasteiger partial charge on any atom is -0.344 e. The van der Waals surface area contributed by atoms with Crippen molar-refractivity contribution in [1.29, 1.82) is 0 Å². The maximum absolute atomic E-state index is 12.5. The van der Waals surface area contributed by atoms with Gasteiger partial charge in [0.05, 0.1) is 17.8 Å². The Kier molecular flexibility index (Phi) is 4.44. The van der Waals surface area contributed by atoms with Crippen LogP contribution in [0, 0.1) is 6.92 Å². The van der Waals surface area contributed by atoms with Crippen LogP contribution in [0.25, 0.3) is 22.2 Å². The number of carbonyl (C=O) groups is 1. The number of hydrogen-bond donors (Lipinski definition) is 2. The monoisotopic (exact) mass is 382 g/mol. The van der Waals surface area contributed by atoms with Crippen molar-refractivity contribution in [3.63, 3.8) is 0 Å². The van der Waals surface area contributed by atoms with Gasteiger partial charge in [0.25, 0.3) is 5.91 Å². The largest absolute Gasteiger partial charge is 0.344 e. The van der Waals surface area contributed by atoms with Crippen LogP contribution in [0.4, 0.5) is 0 Å². The summed E-state index contributed by atoms with van der Waals surface area (Å²) in [6.07, 6.45) is 0. The number of nitrogens with zero attached hydrogens (tertiary/aromatic N) is 2. The van der Waals surface area contributed by atoms with Crippen LogP contribution in [0.1, 0.15) is 20.4 Å². The van der Waals surface area contributed by atoms with Gasteiger partial charge in [-0.25, -0.2) is 4.98 Å². The van der Waals surface area contributed by atoms with Crippen LogP contribution >= 0.6 is 22.9 Å². The van der Waals surface area contributed by atoms with Crippen molar-refractivity contribution in [2.75, 3.05) is 0 Å². The van der Waals surface area contributed by atoms with Gasteiger partial charge in [0.15, 0.2) is 5.69 Å². The zero-order chi connectivity index (χ0) is 18.1. The van der Waals surface area contributed by atoms with Gasteiger partial charge >= 0.3 is 0 Å². The molecule has 4 rings (SSSR count). The lowest BCUT2D eigenvalue weighted by Crippen LogP contribution is -2.23. The maximum atomic E-state index is 12.5. The number of halogens is 1. The summed E-state index contributed by atoms with van der Waals surface area (Å²) < 4.78 is 0. The molecular weight excluding hydrogens is 368 g/mol. The Morgan fingerprint density at radius 2 is 1.96 bits per heavy atom. The van der Waals surface area contributed by atoms with Crippen molar-refractivity contribution in [3.8, 4) is 11.3 Å². The summed E-state index contributed by atoms with van der Waals surface area (Å²) in [6, 6.07) is 15.1. The molecule has 26 heavy (non-hydrogen) atoms. The third kappa shape index (κ3) is 3.21. The highest BCUT2D eigenvalue weighted by Crippen LogP contribution is 2.28. The van der Waals surface area contributed by atoms with E-state index in [0.29, 0.717) is 17.3 Å². The molecule has 0 bridgehead atoms. The number of aromatic amines is 1. The summed E-state index contributed by atoms with van der Waals surface area (Å²) in [6.45, 7) is 2.38. The highest BCUT2D eigenvalue weighted by atomic mass is 35.5. The van der Waals surface area contributed by atoms with Crippen LogP contribution in [0.15, 0.2) is 48.5 Å². The lowest BCUT2D eigenvalue weighted by molar-refractivity contribution is 0.0947. The Hall–Kier alpha value is -2.70. The van der Waals surface area contributed by atoms with Gasteiger partial charge in [-0.2, -0.15) is 5.10 Å². The molecule has 0 atom stereocenters. The van der Waals surface area contributed by atoms with Gasteiger partial charge in [0.1, 0.15) is 5.01 Å². The Morgan fingerprint density at radius 3 is 2.77 bits per heavy atom. The number of hydrogen-bond acceptors (Lipinski definition) is 4. The molecule has 1 amide bonds. The van der Waals surface area contributed by atoms with E-state index in [0.717, 1.165) is 32.0 Å². The van der Waals surface area contributed by atoms with Crippen LogP contribution in [-0.2, 0) is 6.54 Å². The van der Waals surface area contributed by atoms with E-state index in [1.165, 1.54) is 0 Å². The van der Waals surface area contributed by atoms with Crippen molar-refractivity contribution >= 4 is 39.7 Å². The van der Waals surface area contributed by atoms with Crippen LogP contribution in [0.2, 0.25) is 5.02 Å². The van der Waals surface area contributed by atoms with Crippen LogP contribution in [-0.4, -0.2) is 21.1 Å². The van der Waals surface area contributed by atoms with Gasteiger partial charge in [-0.05, 0) is 25.1 Å². The fourth-order valence-electron chi connectivity index (χ4n) is 2.78. The normalized spacial score (nSPS) is 11.0. The van der Waals surface area contributed by atoms with Crippen molar-refractivity contribution in [3.05, 3.63) is 69.1 Å². The minimum absolute atomic E-state index is 0.219. The number of rotatable bonds is 4. The summed E-state index contributed by atoms with van der Waals surface area (Å²) in [7, 11) is 0. The van der Waals surface area contributed by atoms with Crippen LogP contribution in [0.3, 0.4) is 0 Å². The van der Waals surface area contributed by atoms with E-state index in [9.17, 15) is 4.79 Å². The average Bonchev–Trinajstić information content (AvgIpc) is 3.24. The van der Waals surface area contributed by atoms with Crippen molar-refractivity contribution in [1.82, 2.24) is 20.5 Å². The second kappa shape index (κ2) is 6.90. The fraction of sp³-hybridized carbons (Fsp3) is 0.105. The molecule has 2 N–H and O–H groups in total. The van der Waals surface area contributed by atoms with Crippen LogP contribution in [0.5, 0.6) is 0 Å². The van der Waals surface area contributed by atoms with E-state index in [4.69, 9.17) is 11.6 Å². The number of aryl methyl sites for hydroxylation is 1. The number of nitrogens with one attached hydrogen (secondary N) is 2. The Balaban J connectivity index is 1.50. The molecule has 0 aliphatic carbocycles. The number of H-pyrrole nitrogens is 1. The first-order chi connectivity index (χ1) is 12.6. The summed E-state index contributed by atoms with van der Waals surface area (Å²) in [5.74, 6) is -0.219. The first-order valence-electron chi connectivity index (χ1n) is 8.05. The predicted molar refractivity (Wildman–Crippen MR) is 105 cm³/mol. The molecule has 2 aromatic heterocycles. The first-order valence-corrected chi connectivity index (χ1v) is 9.25. The smallest absolute Gasteiger partial charge is 0.272 e. The lowest BCUT2D eigenvalue weighted by Gasteiger charge is -2.01. The zero-order valence-electron chi connectivity index (χ0n) is 13.9. The highest BCUT2D eigenvalue weighted by Gasteiger charge is 2.15. The molecule has 0 saturated carbocycles. The molecular formula is C19H15ClN4OS. The van der Waals surface area contributed by atoms with Gasteiger partial charge < -0.3 is 5.32 Å². The van der Waals surface area contributed by atoms with Crippen molar-refractivity contribution in [2.45, 2.75) is 13.5 Å². The molecule has 7 heteroatoms. The maximum Gasteiger partial charge on any atom is 0.272 e. The first kappa shape index (κ1) is 16.8. The Labute approximate surface area is 159 Å². The van der Waals surface area contributed by atoms with E-state index < -0.39 is 0 Å². The second-order valence-electron chi connectivity index (χ2n) is 5.82. The van der Waals surface area contributed by atoms with Gasteiger partial charge in [-0.15, -0.1) is 11.3 Å². The summed E-state index contributed by atoms with van der Waals surface area (Å²) >= 11 is 7.51. The highest BCUT2D eigenvalue weighted by molar-refractivity contribution is 7.12. The SMILES string of the molecule is Cc1sc(CNC(=O)c2n[nH]c3ccccc23)nc1-c1ccc(Cl)cc1. The van der Waals surface area contributed by atoms with Crippen LogP contribution < -0.4 is 5.32 Å². The quantitative estimate of drug-likeness (QED) is 0.542. The molecule has 5 nitrogen and oxygen atoms in total. The molecule has 2 heterocycles. The van der Waals surface area contributed by atoms with E-state index in [1.807, 2.05) is 55.5 Å². The summed E-state index contributed by atoms with van der Waals surface area (Å²) in [5.41, 5.74) is 3.17. The molecule has 0 spiro atoms. The standard InChI is InChI=1S/C19H15ClN4OS/c1-11-17(12-6-8-13(20)9-7-12)22-16(26-11)10-21-19(25)18-14-4-2-3-5-15(14)23-24-18/h2-9H,10H2,1H3,(H,21,25)(H,23,24). The predicted octanol–water partition coefficient (Wildman–Crippen LogP) is 4.58. The van der Waals surface area contributed by atoms with Crippen molar-refractivity contribution in [2.24, 2.45) is 0 Å². The molecule has 2 aromatic carbocycles. The van der Waals surface area contributed by atoms with Gasteiger partial charge in [-0.3, -0.25) is 9.89 Å². The third-order valence-corrected chi connectivity index (χ3v) is 5.27. The van der Waals surface area contributed by atoms with Gasteiger partial charge in [0.2, 0.25) is 0 Å². The molecule has 0 fully saturated rings. The van der Waals surface area contributed by atoms with Gasteiger partial charge in [0, 0.05) is 20.8 Å². The van der Waals surface area contributed by atoms with Crippen molar-refractivity contribution < 1.29 is 4.79 Å². The molecule has 0 aliphatic heterocycles. The summed E-state index contributed by atoms with van der Waals surface area (Å²) in [4.78, 5) is 18.2. The van der Waals surface area contributed by atoms with E-state index in [-0.39, 0.29) is 5.91 Å². The number of amides is 1. The van der Waals surface area contributed by atoms with E-state index in [1.54, 1.807) is 11.3 Å². The number of benzene rings is 2. The molecule has 4 aromatic rings. The van der Waals surface area contributed by atoms with E-state index in [2.05, 4.69) is 20.5 Å². The minimum atomic E-state index is -0.219. The number of para-hydroxylation sites is 1. The molecule has 0 radical (unpaired) electrons.